The first-order chi connectivity index (χ1) is 9.43. The summed E-state index contributed by atoms with van der Waals surface area (Å²) in [6.07, 6.45) is 0. The molecule has 1 aromatic rings. The molecule has 116 valence electrons. The Morgan fingerprint density at radius 2 is 1.52 bits per heavy atom. The zero-order valence-electron chi connectivity index (χ0n) is 13.2. The van der Waals surface area contributed by atoms with Crippen LogP contribution in [0.25, 0.3) is 0 Å². The maximum absolute atomic E-state index is 12.5. The Kier molecular flexibility index (Phi) is 4.48. The molecule has 1 amide bonds. The van der Waals surface area contributed by atoms with Crippen LogP contribution in [0.4, 0.5) is 0 Å². The average Bonchev–Trinajstić information content (AvgIpc) is 2.38. The highest BCUT2D eigenvalue weighted by Gasteiger charge is 2.46. The van der Waals surface area contributed by atoms with E-state index in [9.17, 15) is 14.7 Å². The monoisotopic (exact) mass is 292 g/mol. The lowest BCUT2D eigenvalue weighted by Gasteiger charge is -2.40. The molecular formula is C16H24N2O3. The molecule has 0 radical (unpaired) electrons. The molecule has 0 aliphatic carbocycles. The Morgan fingerprint density at radius 1 is 1.05 bits per heavy atom. The number of benzene rings is 1. The van der Waals surface area contributed by atoms with Crippen LogP contribution in [0, 0.1) is 5.41 Å². The summed E-state index contributed by atoms with van der Waals surface area (Å²) in [6.45, 7) is 8.12. The highest BCUT2D eigenvalue weighted by atomic mass is 16.4. The van der Waals surface area contributed by atoms with Crippen molar-refractivity contribution in [1.82, 2.24) is 5.32 Å². The number of carbonyl (C=O) groups is 2. The minimum absolute atomic E-state index is 0.409. The van der Waals surface area contributed by atoms with E-state index in [1.165, 1.54) is 0 Å². The van der Waals surface area contributed by atoms with Gasteiger partial charge in [-0.25, -0.2) is 0 Å². The molecule has 1 rings (SSSR count). The fourth-order valence-corrected chi connectivity index (χ4v) is 1.75. The SMILES string of the molecule is CC(N)(C(=O)NC(C)(C)C(C)(C)C(=O)O)c1ccccc1. The Labute approximate surface area is 125 Å². The second kappa shape index (κ2) is 5.48. The van der Waals surface area contributed by atoms with Crippen molar-refractivity contribution in [2.75, 3.05) is 0 Å². The molecular weight excluding hydrogens is 268 g/mol. The standard InChI is InChI=1S/C16H24N2O3/c1-14(2,13(20)21)15(3,4)18-12(19)16(5,17)11-9-7-6-8-10-11/h6-10H,17H2,1-5H3,(H,18,19)(H,20,21). The molecule has 5 nitrogen and oxygen atoms in total. The number of hydrogen-bond donors (Lipinski definition) is 3. The number of carbonyl (C=O) groups excluding carboxylic acids is 1. The van der Waals surface area contributed by atoms with Crippen molar-refractivity contribution in [3.05, 3.63) is 35.9 Å². The van der Waals surface area contributed by atoms with Crippen LogP contribution in [0.3, 0.4) is 0 Å². The molecule has 0 saturated heterocycles. The topological polar surface area (TPSA) is 92.4 Å². The Morgan fingerprint density at radius 3 is 1.95 bits per heavy atom. The molecule has 0 saturated carbocycles. The molecule has 0 spiro atoms. The van der Waals surface area contributed by atoms with Crippen LogP contribution < -0.4 is 11.1 Å². The summed E-state index contributed by atoms with van der Waals surface area (Å²) < 4.78 is 0. The number of nitrogens with two attached hydrogens (primary N) is 1. The Bertz CT molecular complexity index is 534. The van der Waals surface area contributed by atoms with Crippen molar-refractivity contribution < 1.29 is 14.7 Å². The number of carboxylic acids is 1. The largest absolute Gasteiger partial charge is 0.481 e. The average molecular weight is 292 g/mol. The third-order valence-electron chi connectivity index (χ3n) is 4.37. The lowest BCUT2D eigenvalue weighted by atomic mass is 9.74. The van der Waals surface area contributed by atoms with Gasteiger partial charge in [0.25, 0.3) is 0 Å². The third-order valence-corrected chi connectivity index (χ3v) is 4.37. The fourth-order valence-electron chi connectivity index (χ4n) is 1.75. The Hall–Kier alpha value is -1.88. The molecule has 0 aliphatic rings. The van der Waals surface area contributed by atoms with Gasteiger partial charge in [-0.1, -0.05) is 30.3 Å². The van der Waals surface area contributed by atoms with Gasteiger partial charge in [0.1, 0.15) is 5.54 Å². The van der Waals surface area contributed by atoms with Crippen LogP contribution >= 0.6 is 0 Å². The predicted molar refractivity (Wildman–Crippen MR) is 81.6 cm³/mol. The quantitative estimate of drug-likeness (QED) is 0.772. The number of hydrogen-bond acceptors (Lipinski definition) is 3. The van der Waals surface area contributed by atoms with E-state index in [1.54, 1.807) is 58.9 Å². The number of carboxylic acid groups (broad SMARTS) is 1. The van der Waals surface area contributed by atoms with Crippen LogP contribution in [-0.2, 0) is 15.1 Å². The van der Waals surface area contributed by atoms with E-state index in [2.05, 4.69) is 5.32 Å². The number of amides is 1. The van der Waals surface area contributed by atoms with Gasteiger partial charge in [0, 0.05) is 0 Å². The molecule has 0 aromatic heterocycles. The van der Waals surface area contributed by atoms with Gasteiger partial charge in [-0.05, 0) is 40.2 Å². The molecule has 0 heterocycles. The lowest BCUT2D eigenvalue weighted by molar-refractivity contribution is -0.152. The van der Waals surface area contributed by atoms with Crippen molar-refractivity contribution >= 4 is 11.9 Å². The second-order valence-electron chi connectivity index (χ2n) is 6.58. The molecule has 21 heavy (non-hydrogen) atoms. The Balaban J connectivity index is 3.03. The van der Waals surface area contributed by atoms with Crippen molar-refractivity contribution in [2.45, 2.75) is 45.7 Å². The number of nitrogens with one attached hydrogen (secondary N) is 1. The molecule has 1 aromatic carbocycles. The second-order valence-corrected chi connectivity index (χ2v) is 6.58. The minimum Gasteiger partial charge on any atom is -0.481 e. The van der Waals surface area contributed by atoms with Crippen LogP contribution in [-0.4, -0.2) is 22.5 Å². The van der Waals surface area contributed by atoms with Crippen LogP contribution in [0.1, 0.15) is 40.2 Å². The fraction of sp³-hybridized carbons (Fsp3) is 0.500. The predicted octanol–water partition coefficient (Wildman–Crippen LogP) is 1.87. The van der Waals surface area contributed by atoms with Crippen molar-refractivity contribution in [3.8, 4) is 0 Å². The number of rotatable bonds is 5. The third kappa shape index (κ3) is 3.24. The normalized spacial score (nSPS) is 15.1. The summed E-state index contributed by atoms with van der Waals surface area (Å²) in [7, 11) is 0. The van der Waals surface area contributed by atoms with Gasteiger partial charge in [0.2, 0.25) is 5.91 Å². The zero-order valence-corrected chi connectivity index (χ0v) is 13.2. The molecule has 4 N–H and O–H groups in total. The summed E-state index contributed by atoms with van der Waals surface area (Å²) in [5.74, 6) is -1.39. The minimum atomic E-state index is -1.23. The first-order valence-corrected chi connectivity index (χ1v) is 6.83. The maximum atomic E-state index is 12.5. The van der Waals surface area contributed by atoms with Gasteiger partial charge in [-0.2, -0.15) is 0 Å². The molecule has 1 atom stereocenters. The molecule has 0 fully saturated rings. The summed E-state index contributed by atoms with van der Waals surface area (Å²) >= 11 is 0. The van der Waals surface area contributed by atoms with Gasteiger partial charge in [-0.15, -0.1) is 0 Å². The molecule has 0 bridgehead atoms. The van der Waals surface area contributed by atoms with Gasteiger partial charge in [0.15, 0.2) is 0 Å². The molecule has 1 unspecified atom stereocenters. The maximum Gasteiger partial charge on any atom is 0.311 e. The van der Waals surface area contributed by atoms with E-state index >= 15 is 0 Å². The number of aliphatic carboxylic acids is 1. The van der Waals surface area contributed by atoms with Gasteiger partial charge < -0.3 is 16.2 Å². The highest BCUT2D eigenvalue weighted by Crippen LogP contribution is 2.31. The first-order valence-electron chi connectivity index (χ1n) is 6.83. The van der Waals surface area contributed by atoms with Crippen molar-refractivity contribution in [1.29, 1.82) is 0 Å². The van der Waals surface area contributed by atoms with E-state index in [-0.39, 0.29) is 0 Å². The van der Waals surface area contributed by atoms with Crippen LogP contribution in [0.2, 0.25) is 0 Å². The van der Waals surface area contributed by atoms with Crippen molar-refractivity contribution in [2.24, 2.45) is 11.1 Å². The highest BCUT2D eigenvalue weighted by molar-refractivity contribution is 5.88. The molecule has 5 heteroatoms. The van der Waals surface area contributed by atoms with E-state index in [1.807, 2.05) is 6.07 Å². The van der Waals surface area contributed by atoms with E-state index in [4.69, 9.17) is 5.73 Å². The van der Waals surface area contributed by atoms with Gasteiger partial charge in [-0.3, -0.25) is 9.59 Å². The summed E-state index contributed by atoms with van der Waals surface area (Å²) in [4.78, 5) is 23.9. The van der Waals surface area contributed by atoms with Crippen LogP contribution in [0.5, 0.6) is 0 Å². The zero-order chi connectivity index (χ0) is 16.5. The van der Waals surface area contributed by atoms with E-state index < -0.39 is 28.4 Å². The van der Waals surface area contributed by atoms with Crippen molar-refractivity contribution in [3.63, 3.8) is 0 Å². The van der Waals surface area contributed by atoms with Gasteiger partial charge in [0.05, 0.1) is 11.0 Å². The van der Waals surface area contributed by atoms with E-state index in [0.29, 0.717) is 5.56 Å². The lowest BCUT2D eigenvalue weighted by Crippen LogP contribution is -2.62. The summed E-state index contributed by atoms with van der Waals surface area (Å²) in [5.41, 5.74) is 3.51. The smallest absolute Gasteiger partial charge is 0.311 e. The van der Waals surface area contributed by atoms with E-state index in [0.717, 1.165) is 0 Å². The summed E-state index contributed by atoms with van der Waals surface area (Å²) in [6, 6.07) is 9.00. The summed E-state index contributed by atoms with van der Waals surface area (Å²) in [5, 5.41) is 12.1. The molecule has 0 aliphatic heterocycles. The van der Waals surface area contributed by atoms with Gasteiger partial charge >= 0.3 is 5.97 Å². The van der Waals surface area contributed by atoms with Crippen LogP contribution in [0.15, 0.2) is 30.3 Å². The first kappa shape index (κ1) is 17.2.